The molecule has 0 bridgehead atoms. The lowest BCUT2D eigenvalue weighted by Gasteiger charge is -2.16. The van der Waals surface area contributed by atoms with Gasteiger partial charge >= 0.3 is 0 Å². The smallest absolute Gasteiger partial charge is 0.220 e. The highest BCUT2D eigenvalue weighted by atomic mass is 16.5. The van der Waals surface area contributed by atoms with E-state index in [4.69, 9.17) is 4.74 Å². The zero-order chi connectivity index (χ0) is 18.2. The van der Waals surface area contributed by atoms with Crippen LogP contribution in [0, 0.1) is 0 Å². The standard InChI is InChI=1S/C21H23N3O2/c1-26-20(18-8-4-2-5-9-18)15-22-21(25)13-12-17-14-23-24(16-17)19-10-6-3-7-11-19/h2-11,14,16,20H,12-13,15H2,1H3,(H,22,25). The second-order valence-electron chi connectivity index (χ2n) is 6.07. The number of hydrogen-bond donors (Lipinski definition) is 1. The number of methoxy groups -OCH3 is 1. The molecule has 0 spiro atoms. The number of aryl methyl sites for hydroxylation is 1. The van der Waals surface area contributed by atoms with E-state index in [0.29, 0.717) is 19.4 Å². The van der Waals surface area contributed by atoms with E-state index in [-0.39, 0.29) is 12.0 Å². The monoisotopic (exact) mass is 349 g/mol. The molecule has 0 aliphatic carbocycles. The van der Waals surface area contributed by atoms with Gasteiger partial charge in [0.15, 0.2) is 0 Å². The summed E-state index contributed by atoms with van der Waals surface area (Å²) in [5.74, 6) is 0.00967. The summed E-state index contributed by atoms with van der Waals surface area (Å²) in [6.07, 6.45) is 4.71. The van der Waals surface area contributed by atoms with Crippen LogP contribution in [0.1, 0.15) is 23.7 Å². The third-order valence-corrected chi connectivity index (χ3v) is 4.24. The largest absolute Gasteiger partial charge is 0.375 e. The first-order chi connectivity index (χ1) is 12.8. The molecule has 3 aromatic rings. The fourth-order valence-electron chi connectivity index (χ4n) is 2.77. The number of hydrogen-bond acceptors (Lipinski definition) is 3. The predicted molar refractivity (Wildman–Crippen MR) is 101 cm³/mol. The molecule has 0 radical (unpaired) electrons. The average molecular weight is 349 g/mol. The fourth-order valence-corrected chi connectivity index (χ4v) is 2.77. The van der Waals surface area contributed by atoms with Gasteiger partial charge in [0, 0.05) is 26.3 Å². The maximum atomic E-state index is 12.2. The number of carbonyl (C=O) groups excluding carboxylic acids is 1. The molecule has 0 aliphatic heterocycles. The molecule has 1 atom stereocenters. The van der Waals surface area contributed by atoms with Crippen LogP contribution in [-0.2, 0) is 16.0 Å². The van der Waals surface area contributed by atoms with Gasteiger partial charge in [0.05, 0.1) is 18.0 Å². The maximum absolute atomic E-state index is 12.2. The summed E-state index contributed by atoms with van der Waals surface area (Å²) in [5, 5.41) is 7.31. The van der Waals surface area contributed by atoms with Crippen molar-refractivity contribution in [3.8, 4) is 5.69 Å². The Kier molecular flexibility index (Phi) is 6.17. The van der Waals surface area contributed by atoms with Gasteiger partial charge < -0.3 is 10.1 Å². The van der Waals surface area contributed by atoms with Crippen molar-refractivity contribution < 1.29 is 9.53 Å². The van der Waals surface area contributed by atoms with E-state index in [1.807, 2.05) is 77.7 Å². The van der Waals surface area contributed by atoms with Crippen molar-refractivity contribution in [3.05, 3.63) is 84.2 Å². The van der Waals surface area contributed by atoms with Crippen LogP contribution in [0.3, 0.4) is 0 Å². The molecular weight excluding hydrogens is 326 g/mol. The van der Waals surface area contributed by atoms with Crippen molar-refractivity contribution in [1.82, 2.24) is 15.1 Å². The van der Waals surface area contributed by atoms with Gasteiger partial charge in [0.2, 0.25) is 5.91 Å². The van der Waals surface area contributed by atoms with Crippen molar-refractivity contribution in [3.63, 3.8) is 0 Å². The number of benzene rings is 2. The Balaban J connectivity index is 1.48. The molecule has 5 nitrogen and oxygen atoms in total. The van der Waals surface area contributed by atoms with Gasteiger partial charge in [-0.1, -0.05) is 48.5 Å². The molecule has 0 aliphatic rings. The van der Waals surface area contributed by atoms with E-state index < -0.39 is 0 Å². The van der Waals surface area contributed by atoms with Gasteiger partial charge in [-0.3, -0.25) is 4.79 Å². The first kappa shape index (κ1) is 17.9. The van der Waals surface area contributed by atoms with Crippen LogP contribution in [0.2, 0.25) is 0 Å². The number of amides is 1. The van der Waals surface area contributed by atoms with Crippen molar-refractivity contribution in [2.24, 2.45) is 0 Å². The van der Waals surface area contributed by atoms with E-state index >= 15 is 0 Å². The quantitative estimate of drug-likeness (QED) is 0.679. The molecule has 0 fully saturated rings. The first-order valence-electron chi connectivity index (χ1n) is 8.69. The van der Waals surface area contributed by atoms with E-state index in [1.165, 1.54) is 0 Å². The Morgan fingerprint density at radius 2 is 1.81 bits per heavy atom. The summed E-state index contributed by atoms with van der Waals surface area (Å²) < 4.78 is 7.30. The molecule has 26 heavy (non-hydrogen) atoms. The second kappa shape index (κ2) is 8.97. The Labute approximate surface area is 153 Å². The Morgan fingerprint density at radius 1 is 1.12 bits per heavy atom. The third-order valence-electron chi connectivity index (χ3n) is 4.24. The minimum Gasteiger partial charge on any atom is -0.375 e. The molecule has 1 aromatic heterocycles. The van der Waals surface area contributed by atoms with E-state index in [9.17, 15) is 4.79 Å². The highest BCUT2D eigenvalue weighted by Gasteiger charge is 2.12. The van der Waals surface area contributed by atoms with Crippen LogP contribution in [0.15, 0.2) is 73.1 Å². The van der Waals surface area contributed by atoms with Crippen LogP contribution >= 0.6 is 0 Å². The molecule has 0 saturated carbocycles. The number of carbonyl (C=O) groups is 1. The summed E-state index contributed by atoms with van der Waals surface area (Å²) in [7, 11) is 1.65. The number of ether oxygens (including phenoxy) is 1. The molecule has 1 N–H and O–H groups in total. The average Bonchev–Trinajstić information content (AvgIpc) is 3.17. The summed E-state index contributed by atoms with van der Waals surface area (Å²) in [4.78, 5) is 12.2. The van der Waals surface area contributed by atoms with E-state index in [1.54, 1.807) is 7.11 Å². The molecular formula is C21H23N3O2. The summed E-state index contributed by atoms with van der Waals surface area (Å²) in [5.41, 5.74) is 3.10. The SMILES string of the molecule is COC(CNC(=O)CCc1cnn(-c2ccccc2)c1)c1ccccc1. The van der Waals surface area contributed by atoms with Gasteiger partial charge in [-0.2, -0.15) is 5.10 Å². The minimum atomic E-state index is -0.138. The number of rotatable bonds is 8. The molecule has 1 heterocycles. The number of nitrogens with zero attached hydrogens (tertiary/aromatic N) is 2. The summed E-state index contributed by atoms with van der Waals surface area (Å²) >= 11 is 0. The normalized spacial score (nSPS) is 11.9. The van der Waals surface area contributed by atoms with Crippen molar-refractivity contribution >= 4 is 5.91 Å². The van der Waals surface area contributed by atoms with Crippen molar-refractivity contribution in [2.45, 2.75) is 18.9 Å². The van der Waals surface area contributed by atoms with Gasteiger partial charge in [-0.25, -0.2) is 4.68 Å². The highest BCUT2D eigenvalue weighted by molar-refractivity contribution is 5.76. The molecule has 2 aromatic carbocycles. The zero-order valence-electron chi connectivity index (χ0n) is 14.8. The van der Waals surface area contributed by atoms with E-state index in [0.717, 1.165) is 16.8 Å². The van der Waals surface area contributed by atoms with Crippen LogP contribution in [-0.4, -0.2) is 29.3 Å². The molecule has 0 saturated heterocycles. The van der Waals surface area contributed by atoms with Gasteiger partial charge in [0.25, 0.3) is 0 Å². The Hall–Kier alpha value is -2.92. The molecule has 3 rings (SSSR count). The lowest BCUT2D eigenvalue weighted by Crippen LogP contribution is -2.29. The van der Waals surface area contributed by atoms with Crippen molar-refractivity contribution in [1.29, 1.82) is 0 Å². The topological polar surface area (TPSA) is 56.1 Å². The summed E-state index contributed by atoms with van der Waals surface area (Å²) in [6, 6.07) is 19.8. The van der Waals surface area contributed by atoms with Gasteiger partial charge in [-0.05, 0) is 29.7 Å². The number of para-hydroxylation sites is 1. The molecule has 134 valence electrons. The molecule has 1 amide bonds. The number of nitrogens with one attached hydrogen (secondary N) is 1. The zero-order valence-corrected chi connectivity index (χ0v) is 14.8. The van der Waals surface area contributed by atoms with Crippen molar-refractivity contribution in [2.75, 3.05) is 13.7 Å². The fraction of sp³-hybridized carbons (Fsp3) is 0.238. The van der Waals surface area contributed by atoms with Gasteiger partial charge in [0.1, 0.15) is 0 Å². The maximum Gasteiger partial charge on any atom is 0.220 e. The lowest BCUT2D eigenvalue weighted by molar-refractivity contribution is -0.121. The van der Waals surface area contributed by atoms with E-state index in [2.05, 4.69) is 10.4 Å². The van der Waals surface area contributed by atoms with Crippen LogP contribution < -0.4 is 5.32 Å². The van der Waals surface area contributed by atoms with Crippen LogP contribution in [0.4, 0.5) is 0 Å². The molecule has 5 heteroatoms. The van der Waals surface area contributed by atoms with Crippen LogP contribution in [0.25, 0.3) is 5.69 Å². The highest BCUT2D eigenvalue weighted by Crippen LogP contribution is 2.15. The summed E-state index contributed by atoms with van der Waals surface area (Å²) in [6.45, 7) is 0.461. The lowest BCUT2D eigenvalue weighted by atomic mass is 10.1. The van der Waals surface area contributed by atoms with Crippen LogP contribution in [0.5, 0.6) is 0 Å². The van der Waals surface area contributed by atoms with Gasteiger partial charge in [-0.15, -0.1) is 0 Å². The third kappa shape index (κ3) is 4.80. The molecule has 1 unspecified atom stereocenters. The minimum absolute atomic E-state index is 0.00967. The first-order valence-corrected chi connectivity index (χ1v) is 8.69. The second-order valence-corrected chi connectivity index (χ2v) is 6.07. The Bertz CT molecular complexity index is 816. The predicted octanol–water partition coefficient (Wildman–Crippen LogP) is 3.31. The Morgan fingerprint density at radius 3 is 2.50 bits per heavy atom. The number of aromatic nitrogens is 2.